The molecule has 1 saturated heterocycles. The minimum absolute atomic E-state index is 0.0985. The molecule has 5 nitrogen and oxygen atoms in total. The zero-order chi connectivity index (χ0) is 15.3. The first-order valence-electron chi connectivity index (χ1n) is 7.43. The van der Waals surface area contributed by atoms with E-state index in [4.69, 9.17) is 9.47 Å². The molecule has 0 aromatic rings. The number of likely N-dealkylation sites (tertiary alicyclic amines) is 1. The number of hydrogen-bond acceptors (Lipinski definition) is 4. The molecule has 5 heteroatoms. The van der Waals surface area contributed by atoms with Gasteiger partial charge in [0.2, 0.25) is 0 Å². The number of carbonyl (C=O) groups is 2. The number of carbonyl (C=O) groups excluding carboxylic acids is 2. The SMILES string of the molecule is CCOC(=O)C1CCN(C(=O)OC(C)(C)C)CC1CC. The molecule has 1 aliphatic heterocycles. The fourth-order valence-corrected chi connectivity index (χ4v) is 2.50. The van der Waals surface area contributed by atoms with Crippen LogP contribution in [0.4, 0.5) is 4.79 Å². The van der Waals surface area contributed by atoms with Crippen molar-refractivity contribution in [3.8, 4) is 0 Å². The van der Waals surface area contributed by atoms with Crippen molar-refractivity contribution in [2.45, 2.75) is 53.1 Å². The molecule has 1 aliphatic rings. The summed E-state index contributed by atoms with van der Waals surface area (Å²) in [5.41, 5.74) is -0.489. The standard InChI is InChI=1S/C15H27NO4/c1-6-11-10-16(14(18)20-15(3,4)5)9-8-12(11)13(17)19-7-2/h11-12H,6-10H2,1-5H3. The highest BCUT2D eigenvalue weighted by Crippen LogP contribution is 2.28. The van der Waals surface area contributed by atoms with Gasteiger partial charge in [-0.15, -0.1) is 0 Å². The fraction of sp³-hybridized carbons (Fsp3) is 0.867. The maximum absolute atomic E-state index is 12.1. The van der Waals surface area contributed by atoms with E-state index in [9.17, 15) is 9.59 Å². The van der Waals surface area contributed by atoms with Crippen LogP contribution >= 0.6 is 0 Å². The van der Waals surface area contributed by atoms with Crippen LogP contribution in [0, 0.1) is 11.8 Å². The van der Waals surface area contributed by atoms with Crippen LogP contribution in [0.25, 0.3) is 0 Å². The molecule has 1 amide bonds. The van der Waals surface area contributed by atoms with Crippen LogP contribution in [0.15, 0.2) is 0 Å². The molecule has 0 spiro atoms. The van der Waals surface area contributed by atoms with Gasteiger partial charge in [0.15, 0.2) is 0 Å². The van der Waals surface area contributed by atoms with Crippen molar-refractivity contribution >= 4 is 12.1 Å². The van der Waals surface area contributed by atoms with Gasteiger partial charge in [0.25, 0.3) is 0 Å². The van der Waals surface area contributed by atoms with Gasteiger partial charge in [-0.2, -0.15) is 0 Å². The molecule has 1 heterocycles. The van der Waals surface area contributed by atoms with E-state index < -0.39 is 5.60 Å². The Kier molecular flexibility index (Phi) is 5.84. The van der Waals surface area contributed by atoms with E-state index in [2.05, 4.69) is 0 Å². The summed E-state index contributed by atoms with van der Waals surface area (Å²) in [6.45, 7) is 10.9. The lowest BCUT2D eigenvalue weighted by molar-refractivity contribution is -0.152. The van der Waals surface area contributed by atoms with Crippen molar-refractivity contribution < 1.29 is 19.1 Å². The lowest BCUT2D eigenvalue weighted by atomic mass is 9.84. The summed E-state index contributed by atoms with van der Waals surface area (Å²) < 4.78 is 10.5. The average Bonchev–Trinajstić information content (AvgIpc) is 2.36. The number of rotatable bonds is 3. The average molecular weight is 285 g/mol. The predicted molar refractivity (Wildman–Crippen MR) is 76.3 cm³/mol. The van der Waals surface area contributed by atoms with Gasteiger partial charge < -0.3 is 14.4 Å². The molecule has 1 fully saturated rings. The molecule has 2 unspecified atom stereocenters. The Balaban J connectivity index is 2.63. The quantitative estimate of drug-likeness (QED) is 0.748. The Bertz CT molecular complexity index is 348. The Morgan fingerprint density at radius 3 is 2.40 bits per heavy atom. The summed E-state index contributed by atoms with van der Waals surface area (Å²) in [4.78, 5) is 25.7. The Labute approximate surface area is 121 Å². The van der Waals surface area contributed by atoms with Crippen LogP contribution in [-0.2, 0) is 14.3 Å². The Morgan fingerprint density at radius 2 is 1.90 bits per heavy atom. The van der Waals surface area contributed by atoms with Gasteiger partial charge >= 0.3 is 12.1 Å². The van der Waals surface area contributed by atoms with Gasteiger partial charge in [0.1, 0.15) is 5.60 Å². The number of ether oxygens (including phenoxy) is 2. The van der Waals surface area contributed by atoms with Gasteiger partial charge in [-0.3, -0.25) is 4.79 Å². The number of hydrogen-bond donors (Lipinski definition) is 0. The molecule has 2 atom stereocenters. The van der Waals surface area contributed by atoms with Crippen LogP contribution in [0.5, 0.6) is 0 Å². The Morgan fingerprint density at radius 1 is 1.25 bits per heavy atom. The van der Waals surface area contributed by atoms with Crippen molar-refractivity contribution in [1.29, 1.82) is 0 Å². The minimum atomic E-state index is -0.489. The largest absolute Gasteiger partial charge is 0.466 e. The molecule has 0 N–H and O–H groups in total. The van der Waals surface area contributed by atoms with Crippen molar-refractivity contribution in [2.24, 2.45) is 11.8 Å². The van der Waals surface area contributed by atoms with E-state index in [1.165, 1.54) is 0 Å². The van der Waals surface area contributed by atoms with Gasteiger partial charge in [0.05, 0.1) is 12.5 Å². The molecule has 1 rings (SSSR count). The zero-order valence-corrected chi connectivity index (χ0v) is 13.3. The third kappa shape index (κ3) is 4.69. The summed E-state index contributed by atoms with van der Waals surface area (Å²) in [6.07, 6.45) is 1.21. The van der Waals surface area contributed by atoms with Crippen LogP contribution in [0.2, 0.25) is 0 Å². The lowest BCUT2D eigenvalue weighted by Gasteiger charge is -2.37. The lowest BCUT2D eigenvalue weighted by Crippen LogP contribution is -2.47. The summed E-state index contributed by atoms with van der Waals surface area (Å²) in [7, 11) is 0. The highest BCUT2D eigenvalue weighted by molar-refractivity contribution is 5.74. The predicted octanol–water partition coefficient (Wildman–Crippen LogP) is 2.83. The monoisotopic (exact) mass is 285 g/mol. The van der Waals surface area contributed by atoms with Crippen LogP contribution in [-0.4, -0.2) is 42.3 Å². The second-order valence-electron chi connectivity index (χ2n) is 6.24. The van der Waals surface area contributed by atoms with E-state index in [1.54, 1.807) is 4.90 Å². The second kappa shape index (κ2) is 6.95. The smallest absolute Gasteiger partial charge is 0.410 e. The van der Waals surface area contributed by atoms with Gasteiger partial charge in [0, 0.05) is 13.1 Å². The summed E-state index contributed by atoms with van der Waals surface area (Å²) in [5, 5.41) is 0. The van der Waals surface area contributed by atoms with E-state index >= 15 is 0 Å². The summed E-state index contributed by atoms with van der Waals surface area (Å²) in [6, 6.07) is 0. The van der Waals surface area contributed by atoms with Gasteiger partial charge in [-0.25, -0.2) is 4.79 Å². The number of amides is 1. The second-order valence-corrected chi connectivity index (χ2v) is 6.24. The number of nitrogens with zero attached hydrogens (tertiary/aromatic N) is 1. The highest BCUT2D eigenvalue weighted by atomic mass is 16.6. The van der Waals surface area contributed by atoms with Gasteiger partial charge in [-0.05, 0) is 40.0 Å². The van der Waals surface area contributed by atoms with Crippen molar-refractivity contribution in [3.05, 3.63) is 0 Å². The zero-order valence-electron chi connectivity index (χ0n) is 13.3. The maximum Gasteiger partial charge on any atom is 0.410 e. The fourth-order valence-electron chi connectivity index (χ4n) is 2.50. The maximum atomic E-state index is 12.1. The molecule has 0 radical (unpaired) electrons. The highest BCUT2D eigenvalue weighted by Gasteiger charge is 2.36. The summed E-state index contributed by atoms with van der Waals surface area (Å²) >= 11 is 0. The minimum Gasteiger partial charge on any atom is -0.466 e. The first-order chi connectivity index (χ1) is 9.28. The van der Waals surface area contributed by atoms with Crippen LogP contribution in [0.1, 0.15) is 47.5 Å². The molecule has 116 valence electrons. The number of piperidine rings is 1. The van der Waals surface area contributed by atoms with E-state index in [0.29, 0.717) is 26.1 Å². The van der Waals surface area contributed by atoms with Gasteiger partial charge in [-0.1, -0.05) is 13.3 Å². The molecule has 0 aromatic carbocycles. The first-order valence-corrected chi connectivity index (χ1v) is 7.43. The molecule has 0 saturated carbocycles. The molecule has 20 heavy (non-hydrogen) atoms. The van der Waals surface area contributed by atoms with Crippen molar-refractivity contribution in [3.63, 3.8) is 0 Å². The molecule has 0 aromatic heterocycles. The first kappa shape index (κ1) is 16.8. The third-order valence-corrected chi connectivity index (χ3v) is 3.50. The number of esters is 1. The topological polar surface area (TPSA) is 55.8 Å². The van der Waals surface area contributed by atoms with Crippen LogP contribution in [0.3, 0.4) is 0 Å². The third-order valence-electron chi connectivity index (χ3n) is 3.50. The van der Waals surface area contributed by atoms with E-state index in [-0.39, 0.29) is 23.9 Å². The van der Waals surface area contributed by atoms with E-state index in [1.807, 2.05) is 34.6 Å². The van der Waals surface area contributed by atoms with Crippen molar-refractivity contribution in [2.75, 3.05) is 19.7 Å². The molecular formula is C15H27NO4. The molecular weight excluding hydrogens is 258 g/mol. The summed E-state index contributed by atoms with van der Waals surface area (Å²) in [5.74, 6) is -0.0860. The normalized spacial score (nSPS) is 23.4. The molecule has 0 aliphatic carbocycles. The van der Waals surface area contributed by atoms with Crippen LogP contribution < -0.4 is 0 Å². The molecule has 0 bridgehead atoms. The van der Waals surface area contributed by atoms with E-state index in [0.717, 1.165) is 6.42 Å². The Hall–Kier alpha value is -1.26. The van der Waals surface area contributed by atoms with Crippen molar-refractivity contribution in [1.82, 2.24) is 4.90 Å².